The maximum atomic E-state index is 12.7. The number of aromatic nitrogens is 2. The number of aromatic amines is 1. The molecule has 1 saturated carbocycles. The summed E-state index contributed by atoms with van der Waals surface area (Å²) in [6, 6.07) is 5.07. The smallest absolute Gasteiger partial charge is 0.261 e. The van der Waals surface area contributed by atoms with Crippen molar-refractivity contribution in [1.82, 2.24) is 15.3 Å². The van der Waals surface area contributed by atoms with Crippen LogP contribution in [0.5, 0.6) is 5.88 Å². The minimum Gasteiger partial charge on any atom is -0.474 e. The number of Topliss-reactive ketones (excluding diaryl/α,β-unsaturated/α-hetero) is 1. The highest BCUT2D eigenvalue weighted by Gasteiger charge is 2.32. The molecule has 0 unspecified atom stereocenters. The first-order chi connectivity index (χ1) is 14.3. The van der Waals surface area contributed by atoms with Crippen molar-refractivity contribution in [1.29, 1.82) is 0 Å². The fourth-order valence-electron chi connectivity index (χ4n) is 4.30. The lowest BCUT2D eigenvalue weighted by Crippen LogP contribution is -2.34. The van der Waals surface area contributed by atoms with Gasteiger partial charge in [-0.3, -0.25) is 14.4 Å². The van der Waals surface area contributed by atoms with E-state index in [0.717, 1.165) is 31.2 Å². The van der Waals surface area contributed by atoms with Crippen LogP contribution in [0, 0.1) is 5.41 Å². The van der Waals surface area contributed by atoms with Gasteiger partial charge in [0.25, 0.3) is 11.5 Å². The Morgan fingerprint density at radius 2 is 2.03 bits per heavy atom. The van der Waals surface area contributed by atoms with E-state index >= 15 is 0 Å². The Morgan fingerprint density at radius 3 is 2.80 bits per heavy atom. The van der Waals surface area contributed by atoms with Crippen LogP contribution in [0.1, 0.15) is 77.9 Å². The largest absolute Gasteiger partial charge is 0.474 e. The highest BCUT2D eigenvalue weighted by atomic mass is 16.5. The van der Waals surface area contributed by atoms with Crippen LogP contribution in [0.15, 0.2) is 29.2 Å². The maximum absolute atomic E-state index is 12.7. The molecule has 0 saturated heterocycles. The zero-order valence-electron chi connectivity index (χ0n) is 17.4. The van der Waals surface area contributed by atoms with E-state index in [2.05, 4.69) is 15.3 Å². The second-order valence-electron chi connectivity index (χ2n) is 9.02. The summed E-state index contributed by atoms with van der Waals surface area (Å²) in [6.45, 7) is 4.17. The Labute approximate surface area is 175 Å². The molecule has 0 aliphatic heterocycles. The normalized spacial score (nSPS) is 18.1. The third-order valence-corrected chi connectivity index (χ3v) is 5.83. The molecule has 30 heavy (non-hydrogen) atoms. The van der Waals surface area contributed by atoms with Crippen molar-refractivity contribution in [3.63, 3.8) is 0 Å². The molecule has 1 fully saturated rings. The topological polar surface area (TPSA) is 101 Å². The Kier molecular flexibility index (Phi) is 5.45. The van der Waals surface area contributed by atoms with Gasteiger partial charge in [-0.05, 0) is 49.7 Å². The molecule has 0 bridgehead atoms. The predicted octanol–water partition coefficient (Wildman–Crippen LogP) is 3.18. The molecule has 2 aromatic rings. The fraction of sp³-hybridized carbons (Fsp3) is 0.478. The monoisotopic (exact) mass is 409 g/mol. The predicted molar refractivity (Wildman–Crippen MR) is 112 cm³/mol. The van der Waals surface area contributed by atoms with Gasteiger partial charge in [0.2, 0.25) is 5.88 Å². The van der Waals surface area contributed by atoms with Crippen LogP contribution in [-0.2, 0) is 13.0 Å². The number of fused-ring (bicyclic) bond motifs is 1. The maximum Gasteiger partial charge on any atom is 0.261 e. The Morgan fingerprint density at radius 1 is 1.27 bits per heavy atom. The van der Waals surface area contributed by atoms with E-state index in [0.29, 0.717) is 30.0 Å². The zero-order chi connectivity index (χ0) is 21.3. The third kappa shape index (κ3) is 4.30. The molecule has 2 N–H and O–H groups in total. The van der Waals surface area contributed by atoms with Crippen molar-refractivity contribution >= 4 is 11.7 Å². The summed E-state index contributed by atoms with van der Waals surface area (Å²) in [5.74, 6) is -0.0557. The van der Waals surface area contributed by atoms with Gasteiger partial charge in [-0.1, -0.05) is 19.9 Å². The summed E-state index contributed by atoms with van der Waals surface area (Å²) in [4.78, 5) is 44.8. The van der Waals surface area contributed by atoms with E-state index in [-0.39, 0.29) is 29.4 Å². The minimum atomic E-state index is -0.521. The van der Waals surface area contributed by atoms with Crippen LogP contribution in [0.25, 0.3) is 0 Å². The minimum absolute atomic E-state index is 0.0499. The summed E-state index contributed by atoms with van der Waals surface area (Å²) in [6.07, 6.45) is 7.15. The molecule has 2 aromatic heterocycles. The second kappa shape index (κ2) is 8.05. The van der Waals surface area contributed by atoms with Crippen molar-refractivity contribution in [2.45, 2.75) is 65.0 Å². The Bertz CT molecular complexity index is 1030. The number of amides is 1. The third-order valence-electron chi connectivity index (χ3n) is 5.83. The van der Waals surface area contributed by atoms with E-state index in [1.807, 2.05) is 19.9 Å². The second-order valence-corrected chi connectivity index (χ2v) is 9.02. The van der Waals surface area contributed by atoms with Gasteiger partial charge in [-0.25, -0.2) is 4.98 Å². The number of carbonyl (C=O) groups excluding carboxylic acids is 2. The zero-order valence-corrected chi connectivity index (χ0v) is 17.4. The number of ketones is 1. The molecule has 158 valence electrons. The average molecular weight is 409 g/mol. The van der Waals surface area contributed by atoms with Gasteiger partial charge < -0.3 is 15.0 Å². The van der Waals surface area contributed by atoms with Crippen LogP contribution >= 0.6 is 0 Å². The highest BCUT2D eigenvalue weighted by Crippen LogP contribution is 2.33. The van der Waals surface area contributed by atoms with Gasteiger partial charge in [0.1, 0.15) is 11.7 Å². The molecule has 2 aliphatic carbocycles. The van der Waals surface area contributed by atoms with E-state index in [1.165, 1.54) is 6.07 Å². The van der Waals surface area contributed by atoms with Gasteiger partial charge >= 0.3 is 0 Å². The molecule has 0 radical (unpaired) electrons. The number of nitrogens with zero attached hydrogens (tertiary/aromatic N) is 1. The number of hydrogen-bond acceptors (Lipinski definition) is 5. The average Bonchev–Trinajstić information content (AvgIpc) is 3.19. The van der Waals surface area contributed by atoms with E-state index < -0.39 is 11.5 Å². The van der Waals surface area contributed by atoms with Gasteiger partial charge in [-0.2, -0.15) is 0 Å². The number of ether oxygens (including phenoxy) is 1. The summed E-state index contributed by atoms with van der Waals surface area (Å²) >= 11 is 0. The molecule has 0 aromatic carbocycles. The highest BCUT2D eigenvalue weighted by molar-refractivity contribution is 6.02. The van der Waals surface area contributed by atoms with Crippen LogP contribution in [-0.4, -0.2) is 27.8 Å². The number of rotatable bonds is 5. The van der Waals surface area contributed by atoms with E-state index in [1.54, 1.807) is 12.3 Å². The summed E-state index contributed by atoms with van der Waals surface area (Å²) < 4.78 is 6.00. The molecule has 7 heteroatoms. The molecule has 2 heterocycles. The van der Waals surface area contributed by atoms with Crippen molar-refractivity contribution in [2.75, 3.05) is 0 Å². The number of pyridine rings is 2. The van der Waals surface area contributed by atoms with Crippen molar-refractivity contribution in [2.24, 2.45) is 5.41 Å². The first kappa shape index (κ1) is 20.3. The molecule has 2 aliphatic rings. The number of H-pyrrole nitrogens is 1. The molecule has 4 rings (SSSR count). The van der Waals surface area contributed by atoms with Crippen LogP contribution in [0.2, 0.25) is 0 Å². The van der Waals surface area contributed by atoms with Crippen LogP contribution in [0.3, 0.4) is 0 Å². The lowest BCUT2D eigenvalue weighted by Gasteiger charge is -2.29. The first-order valence-electron chi connectivity index (χ1n) is 10.5. The van der Waals surface area contributed by atoms with Crippen molar-refractivity contribution in [3.8, 4) is 5.88 Å². The van der Waals surface area contributed by atoms with Crippen LogP contribution < -0.4 is 15.6 Å². The summed E-state index contributed by atoms with van der Waals surface area (Å²) in [5.41, 5.74) is 1.06. The molecule has 1 amide bonds. The lowest BCUT2D eigenvalue weighted by molar-refractivity contribution is 0.0910. The van der Waals surface area contributed by atoms with Gasteiger partial charge in [0, 0.05) is 36.0 Å². The van der Waals surface area contributed by atoms with Gasteiger partial charge in [0.15, 0.2) is 5.78 Å². The number of hydrogen-bond donors (Lipinski definition) is 2. The first-order valence-corrected chi connectivity index (χ1v) is 10.5. The van der Waals surface area contributed by atoms with Gasteiger partial charge in [-0.15, -0.1) is 0 Å². The number of carbonyl (C=O) groups is 2. The standard InChI is InChI=1S/C23H27N3O4/c1-23(2)11-18-16(19(27)12-23)10-17(21(29)26-18)20(28)25-13-14-6-5-9-24-22(14)30-15-7-3-4-8-15/h5-6,9-10,15H,3-4,7-8,11-13H2,1-2H3,(H,25,28)(H,26,29). The van der Waals surface area contributed by atoms with Gasteiger partial charge in [0.05, 0.1) is 0 Å². The van der Waals surface area contributed by atoms with E-state index in [9.17, 15) is 14.4 Å². The molecule has 7 nitrogen and oxygen atoms in total. The quantitative estimate of drug-likeness (QED) is 0.790. The molecular formula is C23H27N3O4. The Hall–Kier alpha value is -2.96. The lowest BCUT2D eigenvalue weighted by atomic mass is 9.75. The molecule has 0 spiro atoms. The van der Waals surface area contributed by atoms with Crippen LogP contribution in [0.4, 0.5) is 0 Å². The molecule has 0 atom stereocenters. The van der Waals surface area contributed by atoms with Crippen molar-refractivity contribution in [3.05, 3.63) is 57.1 Å². The summed E-state index contributed by atoms with van der Waals surface area (Å²) in [7, 11) is 0. The Balaban J connectivity index is 1.50. The van der Waals surface area contributed by atoms with E-state index in [4.69, 9.17) is 4.74 Å². The summed E-state index contributed by atoms with van der Waals surface area (Å²) in [5, 5.41) is 2.77. The van der Waals surface area contributed by atoms with Crippen molar-refractivity contribution < 1.29 is 14.3 Å². The SMILES string of the molecule is CC1(C)CC(=O)c2cc(C(=O)NCc3cccnc3OC3CCCC3)c(=O)[nH]c2C1. The number of nitrogens with one attached hydrogen (secondary N) is 2. The molecular weight excluding hydrogens is 382 g/mol. The fourth-order valence-corrected chi connectivity index (χ4v) is 4.30.